The van der Waals surface area contributed by atoms with Crippen LogP contribution in [-0.4, -0.2) is 63.7 Å². The van der Waals surface area contributed by atoms with Gasteiger partial charge in [0.2, 0.25) is 11.8 Å². The van der Waals surface area contributed by atoms with Crippen LogP contribution in [0.5, 0.6) is 0 Å². The SMILES string of the molecule is O=C(C(Cc1ccc(Cl)cc1)N(Cc1ccc(-c2ccccn2)cc1)C(=O)C=Cc1ccc(C(F)(F)F)cc1)N1CCN(Cc2ccccc2)CC1. The third kappa shape index (κ3) is 9.75. The first-order chi connectivity index (χ1) is 25.1. The zero-order chi connectivity index (χ0) is 36.5. The number of halogens is 4. The number of carbonyl (C=O) groups excluding carboxylic acids is 2. The number of piperazine rings is 1. The first-order valence-electron chi connectivity index (χ1n) is 17.1. The number of hydrogen-bond donors (Lipinski definition) is 0. The van der Waals surface area contributed by atoms with Crippen LogP contribution in [0.25, 0.3) is 17.3 Å². The summed E-state index contributed by atoms with van der Waals surface area (Å²) < 4.78 is 39.5. The number of hydrogen-bond acceptors (Lipinski definition) is 4. The molecule has 0 N–H and O–H groups in total. The van der Waals surface area contributed by atoms with Crippen molar-refractivity contribution in [3.05, 3.63) is 166 Å². The summed E-state index contributed by atoms with van der Waals surface area (Å²) in [6.07, 6.45) is 0.299. The van der Waals surface area contributed by atoms with E-state index in [0.717, 1.165) is 41.1 Å². The molecule has 2 amide bonds. The van der Waals surface area contributed by atoms with Gasteiger partial charge in [0.1, 0.15) is 6.04 Å². The highest BCUT2D eigenvalue weighted by Crippen LogP contribution is 2.29. The van der Waals surface area contributed by atoms with Gasteiger partial charge in [0.25, 0.3) is 0 Å². The Bertz CT molecular complexity index is 1950. The van der Waals surface area contributed by atoms with E-state index in [0.29, 0.717) is 36.8 Å². The third-order valence-corrected chi connectivity index (χ3v) is 9.40. The smallest absolute Gasteiger partial charge is 0.338 e. The predicted molar refractivity (Wildman–Crippen MR) is 198 cm³/mol. The van der Waals surface area contributed by atoms with Crippen molar-refractivity contribution in [3.8, 4) is 11.3 Å². The van der Waals surface area contributed by atoms with Crippen LogP contribution in [0.4, 0.5) is 13.2 Å². The van der Waals surface area contributed by atoms with Gasteiger partial charge in [-0.2, -0.15) is 13.2 Å². The van der Waals surface area contributed by atoms with E-state index in [-0.39, 0.29) is 18.9 Å². The fourth-order valence-electron chi connectivity index (χ4n) is 6.25. The normalized spacial score (nSPS) is 14.3. The first-order valence-corrected chi connectivity index (χ1v) is 17.5. The Hall–Kier alpha value is -5.25. The molecule has 2 heterocycles. The maximum atomic E-state index is 14.6. The number of pyridine rings is 1. The van der Waals surface area contributed by atoms with E-state index in [2.05, 4.69) is 22.0 Å². The number of rotatable bonds is 11. The van der Waals surface area contributed by atoms with Crippen LogP contribution in [0.15, 0.2) is 134 Å². The maximum Gasteiger partial charge on any atom is 0.416 e. The second-order valence-corrected chi connectivity index (χ2v) is 13.2. The molecule has 1 saturated heterocycles. The van der Waals surface area contributed by atoms with Crippen LogP contribution in [0, 0.1) is 0 Å². The second-order valence-electron chi connectivity index (χ2n) is 12.8. The molecule has 1 aliphatic heterocycles. The number of aromatic nitrogens is 1. The van der Waals surface area contributed by atoms with Crippen molar-refractivity contribution in [1.82, 2.24) is 19.7 Å². The van der Waals surface area contributed by atoms with Crippen molar-refractivity contribution in [2.75, 3.05) is 26.2 Å². The fraction of sp³-hybridized carbons (Fsp3) is 0.214. The third-order valence-electron chi connectivity index (χ3n) is 9.14. The Kier molecular flexibility index (Phi) is 11.8. The summed E-state index contributed by atoms with van der Waals surface area (Å²) in [4.78, 5) is 38.9. The number of amides is 2. The summed E-state index contributed by atoms with van der Waals surface area (Å²) in [7, 11) is 0. The molecule has 0 spiro atoms. The van der Waals surface area contributed by atoms with Gasteiger partial charge in [-0.25, -0.2) is 0 Å². The zero-order valence-corrected chi connectivity index (χ0v) is 29.2. The molecule has 5 aromatic rings. The highest BCUT2D eigenvalue weighted by atomic mass is 35.5. The predicted octanol–water partition coefficient (Wildman–Crippen LogP) is 8.42. The molecule has 0 radical (unpaired) electrons. The molecule has 1 aliphatic rings. The molecule has 6 rings (SSSR count). The lowest BCUT2D eigenvalue weighted by molar-refractivity contribution is -0.145. The molecule has 52 heavy (non-hydrogen) atoms. The van der Waals surface area contributed by atoms with Crippen molar-refractivity contribution < 1.29 is 22.8 Å². The minimum atomic E-state index is -4.47. The topological polar surface area (TPSA) is 56.8 Å². The van der Waals surface area contributed by atoms with Gasteiger partial charge in [0, 0.05) is 68.5 Å². The zero-order valence-electron chi connectivity index (χ0n) is 28.4. The van der Waals surface area contributed by atoms with E-state index < -0.39 is 23.7 Å². The van der Waals surface area contributed by atoms with Crippen molar-refractivity contribution in [2.45, 2.75) is 31.7 Å². The van der Waals surface area contributed by atoms with Crippen LogP contribution < -0.4 is 0 Å². The van der Waals surface area contributed by atoms with E-state index in [1.54, 1.807) is 23.2 Å². The number of alkyl halides is 3. The summed E-state index contributed by atoms with van der Waals surface area (Å²) in [6.45, 7) is 3.29. The summed E-state index contributed by atoms with van der Waals surface area (Å²) in [5, 5.41) is 0.557. The highest BCUT2D eigenvalue weighted by molar-refractivity contribution is 6.30. The van der Waals surface area contributed by atoms with E-state index >= 15 is 0 Å². The average Bonchev–Trinajstić information content (AvgIpc) is 3.17. The lowest BCUT2D eigenvalue weighted by Gasteiger charge is -2.39. The van der Waals surface area contributed by atoms with Gasteiger partial charge in [0.05, 0.1) is 11.3 Å². The van der Waals surface area contributed by atoms with Crippen LogP contribution in [0.2, 0.25) is 5.02 Å². The summed E-state index contributed by atoms with van der Waals surface area (Å²) in [5.74, 6) is -0.612. The van der Waals surface area contributed by atoms with Gasteiger partial charge in [-0.3, -0.25) is 19.5 Å². The van der Waals surface area contributed by atoms with Gasteiger partial charge in [-0.1, -0.05) is 96.5 Å². The van der Waals surface area contributed by atoms with E-state index in [4.69, 9.17) is 11.6 Å². The molecular weight excluding hydrogens is 685 g/mol. The summed E-state index contributed by atoms with van der Waals surface area (Å²) in [5.41, 5.74) is 4.21. The van der Waals surface area contributed by atoms with Crippen molar-refractivity contribution in [3.63, 3.8) is 0 Å². The Morgan fingerprint density at radius 1 is 0.769 bits per heavy atom. The molecule has 1 unspecified atom stereocenters. The van der Waals surface area contributed by atoms with Gasteiger partial charge in [-0.05, 0) is 64.7 Å². The monoisotopic (exact) mass is 722 g/mol. The molecule has 0 bridgehead atoms. The Morgan fingerprint density at radius 3 is 2.06 bits per heavy atom. The van der Waals surface area contributed by atoms with E-state index in [1.165, 1.54) is 29.8 Å². The van der Waals surface area contributed by atoms with Gasteiger partial charge >= 0.3 is 6.18 Å². The largest absolute Gasteiger partial charge is 0.416 e. The standard InChI is InChI=1S/C42H38ClF3N4O2/c43-37-20-13-32(14-21-37)28-39(41(52)49-26-24-48(25-27-49)29-33-6-2-1-3-7-33)50(30-34-9-16-35(17-10-34)38-8-4-5-23-47-38)40(51)22-15-31-11-18-36(19-12-31)42(44,45)46/h1-23,39H,24-30H2. The number of carbonyl (C=O) groups is 2. The lowest BCUT2D eigenvalue weighted by Crippen LogP contribution is -2.56. The van der Waals surface area contributed by atoms with Crippen LogP contribution in [0.1, 0.15) is 27.8 Å². The molecule has 266 valence electrons. The molecule has 0 saturated carbocycles. The number of nitrogens with zero attached hydrogens (tertiary/aromatic N) is 4. The second kappa shape index (κ2) is 16.8. The Labute approximate surface area is 306 Å². The van der Waals surface area contributed by atoms with Gasteiger partial charge in [-0.15, -0.1) is 0 Å². The maximum absolute atomic E-state index is 14.6. The van der Waals surface area contributed by atoms with Crippen molar-refractivity contribution in [2.24, 2.45) is 0 Å². The first kappa shape index (κ1) is 36.5. The van der Waals surface area contributed by atoms with E-state index in [9.17, 15) is 22.8 Å². The molecule has 1 aromatic heterocycles. The molecule has 0 aliphatic carbocycles. The van der Waals surface area contributed by atoms with Crippen LogP contribution >= 0.6 is 11.6 Å². The quantitative estimate of drug-likeness (QED) is 0.129. The summed E-state index contributed by atoms with van der Waals surface area (Å²) >= 11 is 6.20. The van der Waals surface area contributed by atoms with Gasteiger partial charge in [0.15, 0.2) is 0 Å². The molecule has 1 fully saturated rings. The lowest BCUT2D eigenvalue weighted by atomic mass is 10.0. The fourth-order valence-corrected chi connectivity index (χ4v) is 6.38. The van der Waals surface area contributed by atoms with Crippen LogP contribution in [-0.2, 0) is 35.3 Å². The van der Waals surface area contributed by atoms with E-state index in [1.807, 2.05) is 77.7 Å². The minimum Gasteiger partial charge on any atom is -0.338 e. The number of benzene rings is 4. The van der Waals surface area contributed by atoms with Crippen molar-refractivity contribution >= 4 is 29.5 Å². The molecule has 1 atom stereocenters. The van der Waals surface area contributed by atoms with Crippen molar-refractivity contribution in [1.29, 1.82) is 0 Å². The molecule has 10 heteroatoms. The molecular formula is C42H38ClF3N4O2. The minimum absolute atomic E-state index is 0.122. The highest BCUT2D eigenvalue weighted by Gasteiger charge is 2.34. The Balaban J connectivity index is 1.29. The van der Waals surface area contributed by atoms with Gasteiger partial charge < -0.3 is 9.80 Å². The average molecular weight is 723 g/mol. The molecule has 4 aromatic carbocycles. The Morgan fingerprint density at radius 2 is 1.42 bits per heavy atom. The van der Waals surface area contributed by atoms with Crippen LogP contribution in [0.3, 0.4) is 0 Å². The molecule has 6 nitrogen and oxygen atoms in total. The summed E-state index contributed by atoms with van der Waals surface area (Å²) in [6, 6.07) is 34.5.